The third-order valence-corrected chi connectivity index (χ3v) is 1.94. The Balaban J connectivity index is 3.04. The number of halogens is 1. The van der Waals surface area contributed by atoms with Crippen molar-refractivity contribution in [1.82, 2.24) is 0 Å². The molecule has 0 bridgehead atoms. The fourth-order valence-corrected chi connectivity index (χ4v) is 1.10. The molecule has 1 aromatic carbocycles. The van der Waals surface area contributed by atoms with E-state index in [1.165, 1.54) is 25.1 Å². The number of nitro groups is 1. The molecule has 14 heavy (non-hydrogen) atoms. The standard InChI is InChI=1S/C9H8ClNO3/c1-6(11(13)14)4-7-2-3-9(12)8(10)5-7/h2-5,12H,1H3/b6-4-. The van der Waals surface area contributed by atoms with Gasteiger partial charge in [0.05, 0.1) is 9.95 Å². The van der Waals surface area contributed by atoms with Crippen molar-refractivity contribution in [2.45, 2.75) is 6.92 Å². The Bertz CT molecular complexity index is 401. The van der Waals surface area contributed by atoms with Gasteiger partial charge in [0.15, 0.2) is 0 Å². The number of rotatable bonds is 2. The molecule has 0 saturated heterocycles. The Morgan fingerprint density at radius 3 is 2.79 bits per heavy atom. The molecule has 0 aliphatic rings. The molecule has 0 radical (unpaired) electrons. The molecule has 1 N–H and O–H groups in total. The highest BCUT2D eigenvalue weighted by Crippen LogP contribution is 2.24. The SMILES string of the molecule is C/C(=C/c1ccc(O)c(Cl)c1)[N+](=O)[O-]. The van der Waals surface area contributed by atoms with Crippen LogP contribution in [0, 0.1) is 10.1 Å². The predicted molar refractivity (Wildman–Crippen MR) is 53.8 cm³/mol. The van der Waals surface area contributed by atoms with Crippen molar-refractivity contribution in [1.29, 1.82) is 0 Å². The summed E-state index contributed by atoms with van der Waals surface area (Å²) in [5.41, 5.74) is 0.605. The molecule has 0 aliphatic carbocycles. The number of allylic oxidation sites excluding steroid dienone is 1. The molecule has 0 unspecified atom stereocenters. The van der Waals surface area contributed by atoms with E-state index in [0.29, 0.717) is 5.56 Å². The highest BCUT2D eigenvalue weighted by molar-refractivity contribution is 6.32. The summed E-state index contributed by atoms with van der Waals surface area (Å²) in [6.45, 7) is 1.39. The monoisotopic (exact) mass is 213 g/mol. The van der Waals surface area contributed by atoms with Gasteiger partial charge in [-0.15, -0.1) is 0 Å². The highest BCUT2D eigenvalue weighted by atomic mass is 35.5. The van der Waals surface area contributed by atoms with Gasteiger partial charge >= 0.3 is 0 Å². The van der Waals surface area contributed by atoms with Crippen LogP contribution in [0.5, 0.6) is 5.75 Å². The van der Waals surface area contributed by atoms with Crippen LogP contribution in [0.15, 0.2) is 23.9 Å². The number of nitrogens with zero attached hydrogens (tertiary/aromatic N) is 1. The quantitative estimate of drug-likeness (QED) is 0.607. The van der Waals surface area contributed by atoms with Gasteiger partial charge in [-0.1, -0.05) is 17.7 Å². The Kier molecular flexibility index (Phi) is 3.09. The summed E-state index contributed by atoms with van der Waals surface area (Å²) in [5.74, 6) is -0.0393. The van der Waals surface area contributed by atoms with Crippen LogP contribution in [0.4, 0.5) is 0 Å². The molecule has 0 atom stereocenters. The van der Waals surface area contributed by atoms with Crippen molar-refractivity contribution < 1.29 is 10.0 Å². The van der Waals surface area contributed by atoms with E-state index in [0.717, 1.165) is 0 Å². The molecule has 4 nitrogen and oxygen atoms in total. The first-order valence-electron chi connectivity index (χ1n) is 3.82. The van der Waals surface area contributed by atoms with Crippen LogP contribution in [0.25, 0.3) is 6.08 Å². The van der Waals surface area contributed by atoms with Crippen molar-refractivity contribution in [3.05, 3.63) is 44.6 Å². The summed E-state index contributed by atoms with van der Waals surface area (Å²) in [6.07, 6.45) is 1.38. The van der Waals surface area contributed by atoms with Crippen molar-refractivity contribution in [2.75, 3.05) is 0 Å². The number of hydrogen-bond acceptors (Lipinski definition) is 3. The van der Waals surface area contributed by atoms with Gasteiger partial charge in [-0.3, -0.25) is 10.1 Å². The molecule has 0 spiro atoms. The molecule has 0 saturated carbocycles. The van der Waals surface area contributed by atoms with Gasteiger partial charge in [0, 0.05) is 13.0 Å². The van der Waals surface area contributed by atoms with Gasteiger partial charge in [0.25, 0.3) is 0 Å². The van der Waals surface area contributed by atoms with Gasteiger partial charge in [-0.25, -0.2) is 0 Å². The Morgan fingerprint density at radius 2 is 2.29 bits per heavy atom. The Hall–Kier alpha value is -1.55. The van der Waals surface area contributed by atoms with E-state index in [-0.39, 0.29) is 16.5 Å². The zero-order valence-corrected chi connectivity index (χ0v) is 8.15. The summed E-state index contributed by atoms with van der Waals surface area (Å²) >= 11 is 5.63. The van der Waals surface area contributed by atoms with Crippen LogP contribution in [0.1, 0.15) is 12.5 Å². The van der Waals surface area contributed by atoms with Gasteiger partial charge in [0.2, 0.25) is 5.70 Å². The van der Waals surface area contributed by atoms with E-state index < -0.39 is 4.92 Å². The summed E-state index contributed by atoms with van der Waals surface area (Å²) in [7, 11) is 0. The minimum Gasteiger partial charge on any atom is -0.506 e. The van der Waals surface area contributed by atoms with Gasteiger partial charge < -0.3 is 5.11 Å². The van der Waals surface area contributed by atoms with E-state index in [4.69, 9.17) is 16.7 Å². The van der Waals surface area contributed by atoms with E-state index in [9.17, 15) is 10.1 Å². The average molecular weight is 214 g/mol. The third-order valence-electron chi connectivity index (χ3n) is 1.64. The van der Waals surface area contributed by atoms with Crippen LogP contribution in [-0.2, 0) is 0 Å². The fourth-order valence-electron chi connectivity index (χ4n) is 0.907. The second kappa shape index (κ2) is 4.11. The third kappa shape index (κ3) is 2.47. The zero-order valence-electron chi connectivity index (χ0n) is 7.40. The van der Waals surface area contributed by atoms with E-state index in [2.05, 4.69) is 0 Å². The second-order valence-electron chi connectivity index (χ2n) is 2.75. The maximum absolute atomic E-state index is 10.3. The Morgan fingerprint density at radius 1 is 1.64 bits per heavy atom. The topological polar surface area (TPSA) is 63.4 Å². The molecule has 0 heterocycles. The molecule has 1 aromatic rings. The average Bonchev–Trinajstić information content (AvgIpc) is 2.11. The lowest BCUT2D eigenvalue weighted by Gasteiger charge is -1.97. The van der Waals surface area contributed by atoms with Crippen LogP contribution in [-0.4, -0.2) is 10.0 Å². The van der Waals surface area contributed by atoms with Crippen molar-refractivity contribution in [2.24, 2.45) is 0 Å². The van der Waals surface area contributed by atoms with Gasteiger partial charge in [-0.05, 0) is 17.7 Å². The molecule has 1 rings (SSSR count). The number of phenols is 1. The normalized spacial score (nSPS) is 11.4. The molecule has 5 heteroatoms. The lowest BCUT2D eigenvalue weighted by Crippen LogP contribution is -1.92. The summed E-state index contributed by atoms with van der Waals surface area (Å²) < 4.78 is 0. The lowest BCUT2D eigenvalue weighted by molar-refractivity contribution is -0.422. The van der Waals surface area contributed by atoms with Crippen molar-refractivity contribution in [3.63, 3.8) is 0 Å². The molecule has 0 aliphatic heterocycles. The Labute approximate surface area is 85.6 Å². The molecule has 0 amide bonds. The maximum atomic E-state index is 10.3. The maximum Gasteiger partial charge on any atom is 0.243 e. The summed E-state index contributed by atoms with van der Waals surface area (Å²) in [4.78, 5) is 9.83. The van der Waals surface area contributed by atoms with Gasteiger partial charge in [0.1, 0.15) is 5.75 Å². The summed E-state index contributed by atoms with van der Waals surface area (Å²) in [5, 5.41) is 19.6. The van der Waals surface area contributed by atoms with Crippen LogP contribution >= 0.6 is 11.6 Å². The van der Waals surface area contributed by atoms with E-state index in [1.807, 2.05) is 0 Å². The molecule has 0 fully saturated rings. The first-order valence-corrected chi connectivity index (χ1v) is 4.19. The molecule has 74 valence electrons. The number of hydrogen-bond donors (Lipinski definition) is 1. The van der Waals surface area contributed by atoms with Crippen LogP contribution < -0.4 is 0 Å². The highest BCUT2D eigenvalue weighted by Gasteiger charge is 2.03. The second-order valence-corrected chi connectivity index (χ2v) is 3.16. The fraction of sp³-hybridized carbons (Fsp3) is 0.111. The first-order chi connectivity index (χ1) is 6.50. The minimum atomic E-state index is -0.485. The smallest absolute Gasteiger partial charge is 0.243 e. The molecular weight excluding hydrogens is 206 g/mol. The minimum absolute atomic E-state index is 0.0201. The van der Waals surface area contributed by atoms with Crippen LogP contribution in [0.3, 0.4) is 0 Å². The van der Waals surface area contributed by atoms with E-state index >= 15 is 0 Å². The van der Waals surface area contributed by atoms with Crippen molar-refractivity contribution >= 4 is 17.7 Å². The lowest BCUT2D eigenvalue weighted by atomic mass is 10.2. The van der Waals surface area contributed by atoms with Crippen molar-refractivity contribution in [3.8, 4) is 5.75 Å². The zero-order chi connectivity index (χ0) is 10.7. The number of phenolic OH excluding ortho intramolecular Hbond substituents is 1. The van der Waals surface area contributed by atoms with Crippen LogP contribution in [0.2, 0.25) is 5.02 Å². The van der Waals surface area contributed by atoms with E-state index in [1.54, 1.807) is 6.07 Å². The number of aromatic hydroxyl groups is 1. The largest absolute Gasteiger partial charge is 0.506 e. The number of benzene rings is 1. The first kappa shape index (κ1) is 10.5. The molecular formula is C9H8ClNO3. The molecule has 0 aromatic heterocycles. The van der Waals surface area contributed by atoms with Gasteiger partial charge in [-0.2, -0.15) is 0 Å². The predicted octanol–water partition coefficient (Wildman–Crippen LogP) is 2.68. The summed E-state index contributed by atoms with van der Waals surface area (Å²) in [6, 6.07) is 4.40.